The second-order valence-electron chi connectivity index (χ2n) is 3.13. The van der Waals surface area contributed by atoms with Crippen molar-refractivity contribution in [3.63, 3.8) is 0 Å². The van der Waals surface area contributed by atoms with E-state index in [4.69, 9.17) is 15.7 Å². The molecule has 0 fully saturated rings. The number of nitrogens with zero attached hydrogens (tertiary/aromatic N) is 2. The molecule has 7 heteroatoms. The molecule has 0 bridgehead atoms. The summed E-state index contributed by atoms with van der Waals surface area (Å²) in [5.41, 5.74) is 0. The summed E-state index contributed by atoms with van der Waals surface area (Å²) in [6, 6.07) is 0. The Hall–Kier alpha value is -1.52. The Labute approximate surface area is 97.5 Å². The number of nitrogens with one attached hydrogen (secondary N) is 1. The number of terminal acetylenes is 1. The van der Waals surface area contributed by atoms with Crippen LogP contribution in [0.1, 0.15) is 11.7 Å². The fourth-order valence-electron chi connectivity index (χ4n) is 1.04. The Balaban J connectivity index is 2.19. The van der Waals surface area contributed by atoms with Crippen molar-refractivity contribution in [1.82, 2.24) is 15.5 Å². The molecule has 0 aliphatic heterocycles. The average Bonchev–Trinajstić information content (AvgIpc) is 2.73. The molecular formula is C10H13F2N3O2. The van der Waals surface area contributed by atoms with E-state index in [0.29, 0.717) is 31.2 Å². The van der Waals surface area contributed by atoms with Crippen molar-refractivity contribution in [2.45, 2.75) is 19.4 Å². The number of hydrogen-bond acceptors (Lipinski definition) is 5. The smallest absolute Gasteiger partial charge is 0.261 e. The number of alkyl halides is 2. The molecular weight excluding hydrogens is 232 g/mol. The van der Waals surface area contributed by atoms with Gasteiger partial charge in [-0.05, 0) is 0 Å². The molecule has 17 heavy (non-hydrogen) atoms. The van der Waals surface area contributed by atoms with Crippen LogP contribution >= 0.6 is 0 Å². The summed E-state index contributed by atoms with van der Waals surface area (Å²) in [4.78, 5) is 4.02. The summed E-state index contributed by atoms with van der Waals surface area (Å²) < 4.78 is 33.1. The van der Waals surface area contributed by atoms with Gasteiger partial charge in [0.15, 0.2) is 5.82 Å². The highest BCUT2D eigenvalue weighted by molar-refractivity contribution is 4.90. The summed E-state index contributed by atoms with van der Waals surface area (Å²) in [6.07, 6.45) is 2.93. The van der Waals surface area contributed by atoms with Crippen molar-refractivity contribution in [3.05, 3.63) is 11.7 Å². The van der Waals surface area contributed by atoms with E-state index in [1.165, 1.54) is 0 Å². The second kappa shape index (κ2) is 7.70. The highest BCUT2D eigenvalue weighted by atomic mass is 19.3. The van der Waals surface area contributed by atoms with Gasteiger partial charge >= 0.3 is 0 Å². The largest absolute Gasteiger partial charge is 0.375 e. The van der Waals surface area contributed by atoms with Crippen LogP contribution in [0.3, 0.4) is 0 Å². The molecule has 0 radical (unpaired) electrons. The topological polar surface area (TPSA) is 60.2 Å². The molecule has 0 aliphatic rings. The van der Waals surface area contributed by atoms with Crippen LogP contribution in [0, 0.1) is 12.3 Å². The molecule has 1 N–H and O–H groups in total. The Bertz CT molecular complexity index is 363. The van der Waals surface area contributed by atoms with Crippen LogP contribution in [0.25, 0.3) is 0 Å². The number of aromatic nitrogens is 2. The number of hydrogen-bond donors (Lipinski definition) is 1. The van der Waals surface area contributed by atoms with E-state index in [1.54, 1.807) is 0 Å². The molecule has 0 saturated heterocycles. The maximum absolute atomic E-state index is 11.7. The standard InChI is InChI=1S/C10H13F2N3O2/c1-2-4-13-6-10-14-9(15-17-10)3-5-16-7-8(11)12/h1,8,13H,3-7H2. The lowest BCUT2D eigenvalue weighted by atomic mass is 10.4. The van der Waals surface area contributed by atoms with E-state index in [0.717, 1.165) is 0 Å². The minimum atomic E-state index is -2.45. The zero-order chi connectivity index (χ0) is 12.5. The van der Waals surface area contributed by atoms with Crippen LogP contribution in [0.15, 0.2) is 4.52 Å². The number of halogens is 2. The third-order valence-corrected chi connectivity index (χ3v) is 1.73. The van der Waals surface area contributed by atoms with Gasteiger partial charge in [-0.3, -0.25) is 5.32 Å². The van der Waals surface area contributed by atoms with E-state index in [1.807, 2.05) is 0 Å². The molecule has 1 heterocycles. The van der Waals surface area contributed by atoms with Gasteiger partial charge in [-0.25, -0.2) is 8.78 Å². The number of ether oxygens (including phenoxy) is 1. The first kappa shape index (κ1) is 13.5. The molecule has 1 rings (SSSR count). The minimum Gasteiger partial charge on any atom is -0.375 e. The van der Waals surface area contributed by atoms with Crippen LogP contribution in [-0.4, -0.2) is 36.3 Å². The van der Waals surface area contributed by atoms with Crippen molar-refractivity contribution in [2.75, 3.05) is 19.8 Å². The highest BCUT2D eigenvalue weighted by Gasteiger charge is 2.06. The maximum atomic E-state index is 11.7. The van der Waals surface area contributed by atoms with Crippen molar-refractivity contribution in [3.8, 4) is 12.3 Å². The van der Waals surface area contributed by atoms with Gasteiger partial charge in [0.2, 0.25) is 5.89 Å². The first-order chi connectivity index (χ1) is 8.22. The van der Waals surface area contributed by atoms with E-state index in [9.17, 15) is 8.78 Å². The molecule has 0 aromatic carbocycles. The summed E-state index contributed by atoms with van der Waals surface area (Å²) in [7, 11) is 0. The van der Waals surface area contributed by atoms with E-state index >= 15 is 0 Å². The van der Waals surface area contributed by atoms with E-state index in [-0.39, 0.29) is 6.61 Å². The predicted octanol–water partition coefficient (Wildman–Crippen LogP) is 0.617. The van der Waals surface area contributed by atoms with Crippen LogP contribution in [0.4, 0.5) is 8.78 Å². The van der Waals surface area contributed by atoms with Gasteiger partial charge in [-0.1, -0.05) is 11.1 Å². The second-order valence-corrected chi connectivity index (χ2v) is 3.13. The molecule has 1 aromatic rings. The molecule has 0 spiro atoms. The Morgan fingerprint density at radius 2 is 2.35 bits per heavy atom. The summed E-state index contributed by atoms with van der Waals surface area (Å²) >= 11 is 0. The fraction of sp³-hybridized carbons (Fsp3) is 0.600. The van der Waals surface area contributed by atoms with Gasteiger partial charge in [-0.15, -0.1) is 6.42 Å². The first-order valence-electron chi connectivity index (χ1n) is 5.04. The van der Waals surface area contributed by atoms with Crippen molar-refractivity contribution >= 4 is 0 Å². The van der Waals surface area contributed by atoms with Gasteiger partial charge in [-0.2, -0.15) is 4.98 Å². The van der Waals surface area contributed by atoms with Crippen molar-refractivity contribution in [1.29, 1.82) is 0 Å². The van der Waals surface area contributed by atoms with Crippen LogP contribution < -0.4 is 5.32 Å². The molecule has 0 aliphatic carbocycles. The molecule has 1 aromatic heterocycles. The van der Waals surface area contributed by atoms with Crippen LogP contribution in [0.5, 0.6) is 0 Å². The minimum absolute atomic E-state index is 0.140. The van der Waals surface area contributed by atoms with Gasteiger partial charge in [0, 0.05) is 6.42 Å². The summed E-state index contributed by atoms with van der Waals surface area (Å²) in [6.45, 7) is 0.361. The highest BCUT2D eigenvalue weighted by Crippen LogP contribution is 1.99. The predicted molar refractivity (Wildman–Crippen MR) is 55.4 cm³/mol. The van der Waals surface area contributed by atoms with Gasteiger partial charge in [0.25, 0.3) is 6.43 Å². The first-order valence-corrected chi connectivity index (χ1v) is 5.04. The van der Waals surface area contributed by atoms with Crippen molar-refractivity contribution < 1.29 is 18.0 Å². The zero-order valence-electron chi connectivity index (χ0n) is 9.16. The maximum Gasteiger partial charge on any atom is 0.261 e. The molecule has 94 valence electrons. The summed E-state index contributed by atoms with van der Waals surface area (Å²) in [5, 5.41) is 6.55. The van der Waals surface area contributed by atoms with Gasteiger partial charge in [0.05, 0.1) is 19.7 Å². The molecule has 0 saturated carbocycles. The Morgan fingerprint density at radius 1 is 1.53 bits per heavy atom. The molecule has 0 amide bonds. The lowest BCUT2D eigenvalue weighted by molar-refractivity contribution is 0.0182. The lowest BCUT2D eigenvalue weighted by Gasteiger charge is -1.99. The van der Waals surface area contributed by atoms with Crippen LogP contribution in [-0.2, 0) is 17.7 Å². The monoisotopic (exact) mass is 245 g/mol. The SMILES string of the molecule is C#CCNCc1nc(CCOCC(F)F)no1. The average molecular weight is 245 g/mol. The Morgan fingerprint density at radius 3 is 3.06 bits per heavy atom. The van der Waals surface area contributed by atoms with Gasteiger partial charge in [0.1, 0.15) is 6.61 Å². The quantitative estimate of drug-likeness (QED) is 0.537. The normalized spacial score (nSPS) is 10.7. The molecule has 0 atom stereocenters. The zero-order valence-corrected chi connectivity index (χ0v) is 9.16. The molecule has 0 unspecified atom stereocenters. The van der Waals surface area contributed by atoms with Crippen LogP contribution in [0.2, 0.25) is 0 Å². The van der Waals surface area contributed by atoms with E-state index in [2.05, 4.69) is 21.4 Å². The third-order valence-electron chi connectivity index (χ3n) is 1.73. The van der Waals surface area contributed by atoms with E-state index < -0.39 is 13.0 Å². The summed E-state index contributed by atoms with van der Waals surface area (Å²) in [5.74, 6) is 3.24. The fourth-order valence-corrected chi connectivity index (χ4v) is 1.04. The van der Waals surface area contributed by atoms with Gasteiger partial charge < -0.3 is 9.26 Å². The Kier molecular flexibility index (Phi) is 6.14. The lowest BCUT2D eigenvalue weighted by Crippen LogP contribution is -2.13. The van der Waals surface area contributed by atoms with Crippen molar-refractivity contribution in [2.24, 2.45) is 0 Å². The molecule has 5 nitrogen and oxygen atoms in total. The third kappa shape index (κ3) is 5.94. The number of rotatable bonds is 8.